The van der Waals surface area contributed by atoms with E-state index in [2.05, 4.69) is 33.8 Å². The van der Waals surface area contributed by atoms with Crippen LogP contribution in [0.5, 0.6) is 0 Å². The van der Waals surface area contributed by atoms with Gasteiger partial charge in [-0.05, 0) is 26.2 Å². The van der Waals surface area contributed by atoms with Gasteiger partial charge in [0.25, 0.3) is 0 Å². The van der Waals surface area contributed by atoms with E-state index in [-0.39, 0.29) is 0 Å². The SMILES string of the molecule is CCNC(=NCCCN1CCOCC1)N1CCSC2(CCCCC2)C1. The zero-order valence-electron chi connectivity index (χ0n) is 16.0. The largest absolute Gasteiger partial charge is 0.379 e. The molecule has 0 aromatic heterocycles. The third kappa shape index (κ3) is 5.76. The minimum atomic E-state index is 0.500. The van der Waals surface area contributed by atoms with Gasteiger partial charge in [0.1, 0.15) is 0 Å². The molecule has 1 N–H and O–H groups in total. The molecule has 0 amide bonds. The van der Waals surface area contributed by atoms with Gasteiger partial charge in [0, 0.05) is 56.3 Å². The Hall–Kier alpha value is -0.460. The molecule has 0 radical (unpaired) electrons. The number of hydrogen-bond acceptors (Lipinski definition) is 4. The van der Waals surface area contributed by atoms with Gasteiger partial charge in [0.2, 0.25) is 0 Å². The molecule has 1 spiro atoms. The maximum atomic E-state index is 5.42. The number of nitrogens with zero attached hydrogens (tertiary/aromatic N) is 3. The van der Waals surface area contributed by atoms with Crippen molar-refractivity contribution < 1.29 is 4.74 Å². The third-order valence-corrected chi connectivity index (χ3v) is 7.18. The molecule has 3 fully saturated rings. The summed E-state index contributed by atoms with van der Waals surface area (Å²) in [5, 5.41) is 3.55. The quantitative estimate of drug-likeness (QED) is 0.458. The summed E-state index contributed by atoms with van der Waals surface area (Å²) in [5.74, 6) is 2.40. The minimum Gasteiger partial charge on any atom is -0.379 e. The smallest absolute Gasteiger partial charge is 0.193 e. The lowest BCUT2D eigenvalue weighted by molar-refractivity contribution is 0.0377. The second-order valence-corrected chi connectivity index (χ2v) is 9.12. The van der Waals surface area contributed by atoms with Gasteiger partial charge < -0.3 is 15.0 Å². The van der Waals surface area contributed by atoms with Gasteiger partial charge in [-0.2, -0.15) is 11.8 Å². The number of ether oxygens (including phenoxy) is 1. The number of guanidine groups is 1. The molecule has 5 nitrogen and oxygen atoms in total. The number of hydrogen-bond donors (Lipinski definition) is 1. The fourth-order valence-corrected chi connectivity index (χ4v) is 5.82. The summed E-state index contributed by atoms with van der Waals surface area (Å²) in [6.45, 7) is 11.5. The van der Waals surface area contributed by atoms with Crippen LogP contribution in [0.1, 0.15) is 45.4 Å². The van der Waals surface area contributed by atoms with Crippen LogP contribution < -0.4 is 5.32 Å². The molecule has 3 aliphatic rings. The van der Waals surface area contributed by atoms with Crippen LogP contribution in [0.4, 0.5) is 0 Å². The lowest BCUT2D eigenvalue weighted by Gasteiger charge is -2.45. The Morgan fingerprint density at radius 2 is 1.96 bits per heavy atom. The van der Waals surface area contributed by atoms with Crippen molar-refractivity contribution in [1.82, 2.24) is 15.1 Å². The van der Waals surface area contributed by atoms with E-state index in [0.717, 1.165) is 64.9 Å². The highest BCUT2D eigenvalue weighted by Crippen LogP contribution is 2.42. The zero-order valence-corrected chi connectivity index (χ0v) is 16.8. The predicted molar refractivity (Wildman–Crippen MR) is 108 cm³/mol. The zero-order chi connectivity index (χ0) is 17.4. The molecule has 0 aromatic rings. The number of morpholine rings is 1. The Labute approximate surface area is 157 Å². The highest BCUT2D eigenvalue weighted by Gasteiger charge is 2.38. The van der Waals surface area contributed by atoms with Crippen molar-refractivity contribution in [3.63, 3.8) is 0 Å². The average Bonchev–Trinajstić information content (AvgIpc) is 2.66. The summed E-state index contributed by atoms with van der Waals surface area (Å²) in [6.07, 6.45) is 8.18. The highest BCUT2D eigenvalue weighted by atomic mass is 32.2. The van der Waals surface area contributed by atoms with Crippen molar-refractivity contribution >= 4 is 17.7 Å². The Balaban J connectivity index is 1.50. The van der Waals surface area contributed by atoms with Crippen molar-refractivity contribution in [3.8, 4) is 0 Å². The van der Waals surface area contributed by atoms with Gasteiger partial charge in [0.15, 0.2) is 5.96 Å². The molecular formula is C19H36N4OS. The van der Waals surface area contributed by atoms with Crippen LogP contribution in [-0.2, 0) is 4.74 Å². The van der Waals surface area contributed by atoms with Gasteiger partial charge in [-0.25, -0.2) is 0 Å². The van der Waals surface area contributed by atoms with Gasteiger partial charge in [0.05, 0.1) is 13.2 Å². The molecule has 1 saturated carbocycles. The molecule has 0 aromatic carbocycles. The van der Waals surface area contributed by atoms with Crippen LogP contribution in [-0.4, -0.2) is 85.3 Å². The van der Waals surface area contributed by atoms with E-state index in [4.69, 9.17) is 9.73 Å². The van der Waals surface area contributed by atoms with E-state index >= 15 is 0 Å². The third-order valence-electron chi connectivity index (χ3n) is 5.65. The molecule has 0 unspecified atom stereocenters. The molecule has 0 atom stereocenters. The van der Waals surface area contributed by atoms with Gasteiger partial charge in [-0.3, -0.25) is 9.89 Å². The monoisotopic (exact) mass is 368 g/mol. The Bertz CT molecular complexity index is 414. The molecule has 1 aliphatic carbocycles. The van der Waals surface area contributed by atoms with E-state index in [0.29, 0.717) is 4.75 Å². The molecule has 6 heteroatoms. The predicted octanol–water partition coefficient (Wildman–Crippen LogP) is 2.43. The summed E-state index contributed by atoms with van der Waals surface area (Å²) in [6, 6.07) is 0. The first kappa shape index (κ1) is 19.3. The molecular weight excluding hydrogens is 332 g/mol. The Kier molecular flexibility index (Phi) is 7.74. The summed E-state index contributed by atoms with van der Waals surface area (Å²) >= 11 is 2.23. The summed E-state index contributed by atoms with van der Waals surface area (Å²) < 4.78 is 5.92. The molecule has 144 valence electrons. The van der Waals surface area contributed by atoms with Crippen LogP contribution >= 0.6 is 11.8 Å². The maximum absolute atomic E-state index is 5.42. The normalized spacial score (nSPS) is 25.3. The Morgan fingerprint density at radius 1 is 1.16 bits per heavy atom. The fraction of sp³-hybridized carbons (Fsp3) is 0.947. The maximum Gasteiger partial charge on any atom is 0.193 e. The number of aliphatic imine (C=N–C) groups is 1. The molecule has 2 saturated heterocycles. The molecule has 2 heterocycles. The standard InChI is InChI=1S/C19H36N4OS/c1-2-20-18(21-9-6-10-22-11-14-24-15-12-22)23-13-16-25-19(17-23)7-4-3-5-8-19/h2-17H2,1H3,(H,20,21). The fourth-order valence-electron chi connectivity index (χ4n) is 4.25. The van der Waals surface area contributed by atoms with Crippen molar-refractivity contribution in [2.75, 3.05) is 64.8 Å². The van der Waals surface area contributed by atoms with Crippen molar-refractivity contribution in [1.29, 1.82) is 0 Å². The molecule has 25 heavy (non-hydrogen) atoms. The van der Waals surface area contributed by atoms with E-state index in [9.17, 15) is 0 Å². The van der Waals surface area contributed by atoms with Crippen LogP contribution in [0.15, 0.2) is 4.99 Å². The highest BCUT2D eigenvalue weighted by molar-refractivity contribution is 8.00. The lowest BCUT2D eigenvalue weighted by atomic mass is 9.87. The summed E-state index contributed by atoms with van der Waals surface area (Å²) in [5.41, 5.74) is 0. The summed E-state index contributed by atoms with van der Waals surface area (Å²) in [4.78, 5) is 10.0. The van der Waals surface area contributed by atoms with E-state index in [1.807, 2.05) is 0 Å². The molecule has 0 bridgehead atoms. The number of rotatable bonds is 5. The second-order valence-electron chi connectivity index (χ2n) is 7.56. The van der Waals surface area contributed by atoms with Crippen molar-refractivity contribution in [3.05, 3.63) is 0 Å². The number of thioether (sulfide) groups is 1. The topological polar surface area (TPSA) is 40.1 Å². The van der Waals surface area contributed by atoms with Crippen LogP contribution in [0.25, 0.3) is 0 Å². The van der Waals surface area contributed by atoms with Crippen molar-refractivity contribution in [2.24, 2.45) is 4.99 Å². The van der Waals surface area contributed by atoms with Gasteiger partial charge >= 0.3 is 0 Å². The van der Waals surface area contributed by atoms with Crippen LogP contribution in [0.2, 0.25) is 0 Å². The summed E-state index contributed by atoms with van der Waals surface area (Å²) in [7, 11) is 0. The first-order valence-electron chi connectivity index (χ1n) is 10.3. The number of nitrogens with one attached hydrogen (secondary N) is 1. The van der Waals surface area contributed by atoms with Crippen molar-refractivity contribution in [2.45, 2.75) is 50.2 Å². The van der Waals surface area contributed by atoms with Crippen LogP contribution in [0, 0.1) is 0 Å². The average molecular weight is 369 g/mol. The van der Waals surface area contributed by atoms with Gasteiger partial charge in [-0.15, -0.1) is 0 Å². The lowest BCUT2D eigenvalue weighted by Crippen LogP contribution is -2.53. The van der Waals surface area contributed by atoms with E-state index < -0.39 is 0 Å². The van der Waals surface area contributed by atoms with Crippen LogP contribution in [0.3, 0.4) is 0 Å². The first-order chi connectivity index (χ1) is 12.3. The van der Waals surface area contributed by atoms with E-state index in [1.165, 1.54) is 44.4 Å². The second kappa shape index (κ2) is 10.0. The Morgan fingerprint density at radius 3 is 2.72 bits per heavy atom. The minimum absolute atomic E-state index is 0.500. The first-order valence-corrected chi connectivity index (χ1v) is 11.3. The van der Waals surface area contributed by atoms with Gasteiger partial charge in [-0.1, -0.05) is 19.3 Å². The molecule has 3 rings (SSSR count). The van der Waals surface area contributed by atoms with E-state index in [1.54, 1.807) is 0 Å². The molecule has 2 aliphatic heterocycles.